The lowest BCUT2D eigenvalue weighted by atomic mass is 10.1. The third-order valence-corrected chi connectivity index (χ3v) is 4.47. The van der Waals surface area contributed by atoms with Gasteiger partial charge >= 0.3 is 0 Å². The highest BCUT2D eigenvalue weighted by atomic mass is 35.5. The van der Waals surface area contributed by atoms with Crippen molar-refractivity contribution in [2.45, 2.75) is 6.92 Å². The summed E-state index contributed by atoms with van der Waals surface area (Å²) in [5.41, 5.74) is 5.27. The molecule has 2 aromatic carbocycles. The van der Waals surface area contributed by atoms with Gasteiger partial charge in [-0.05, 0) is 55.0 Å². The Morgan fingerprint density at radius 2 is 1.77 bits per heavy atom. The molecule has 2 aromatic heterocycles. The third kappa shape index (κ3) is 3.19. The van der Waals surface area contributed by atoms with E-state index in [0.717, 1.165) is 28.2 Å². The van der Waals surface area contributed by atoms with Gasteiger partial charge in [0.05, 0.1) is 5.69 Å². The van der Waals surface area contributed by atoms with Crippen molar-refractivity contribution in [1.29, 1.82) is 0 Å². The smallest absolute Gasteiger partial charge is 0.255 e. The highest BCUT2D eigenvalue weighted by molar-refractivity contribution is 6.30. The Balaban J connectivity index is 1.55. The van der Waals surface area contributed by atoms with E-state index in [1.807, 2.05) is 60.1 Å². The van der Waals surface area contributed by atoms with Gasteiger partial charge in [-0.3, -0.25) is 4.79 Å². The van der Waals surface area contributed by atoms with E-state index in [1.165, 1.54) is 0 Å². The van der Waals surface area contributed by atoms with E-state index in [0.29, 0.717) is 10.6 Å². The van der Waals surface area contributed by atoms with Crippen molar-refractivity contribution in [2.24, 2.45) is 0 Å². The number of carbonyl (C=O) groups is 1. The van der Waals surface area contributed by atoms with Gasteiger partial charge in [-0.25, -0.2) is 4.98 Å². The van der Waals surface area contributed by atoms with Crippen LogP contribution in [0.5, 0.6) is 0 Å². The molecule has 0 atom stereocenters. The van der Waals surface area contributed by atoms with Gasteiger partial charge in [-0.2, -0.15) is 0 Å². The minimum Gasteiger partial charge on any atom is -0.322 e. The van der Waals surface area contributed by atoms with Crippen molar-refractivity contribution in [3.63, 3.8) is 0 Å². The molecule has 0 saturated carbocycles. The molecule has 5 heteroatoms. The number of rotatable bonds is 3. The van der Waals surface area contributed by atoms with E-state index < -0.39 is 0 Å². The number of benzene rings is 2. The van der Waals surface area contributed by atoms with Gasteiger partial charge in [0.2, 0.25) is 0 Å². The minimum absolute atomic E-state index is 0.169. The first-order valence-corrected chi connectivity index (χ1v) is 8.60. The zero-order valence-corrected chi connectivity index (χ0v) is 14.9. The lowest BCUT2D eigenvalue weighted by molar-refractivity contribution is 0.102. The maximum absolute atomic E-state index is 12.3. The van der Waals surface area contributed by atoms with Gasteiger partial charge in [-0.15, -0.1) is 0 Å². The molecule has 2 heterocycles. The van der Waals surface area contributed by atoms with E-state index in [4.69, 9.17) is 16.6 Å². The highest BCUT2D eigenvalue weighted by Gasteiger charge is 2.08. The molecular formula is C21H16ClN3O. The number of carbonyl (C=O) groups excluding carboxylic acids is 1. The molecule has 0 spiro atoms. The molecule has 0 aliphatic carbocycles. The molecule has 0 fully saturated rings. The first-order valence-electron chi connectivity index (χ1n) is 8.22. The second-order valence-corrected chi connectivity index (χ2v) is 6.52. The predicted molar refractivity (Wildman–Crippen MR) is 105 cm³/mol. The van der Waals surface area contributed by atoms with Gasteiger partial charge in [0.1, 0.15) is 5.65 Å². The lowest BCUT2D eigenvalue weighted by Gasteiger charge is -2.06. The van der Waals surface area contributed by atoms with Crippen molar-refractivity contribution in [2.75, 3.05) is 5.32 Å². The van der Waals surface area contributed by atoms with Crippen molar-refractivity contribution in [3.05, 3.63) is 89.2 Å². The number of halogens is 1. The fourth-order valence-corrected chi connectivity index (χ4v) is 2.95. The van der Waals surface area contributed by atoms with Crippen LogP contribution in [0, 0.1) is 6.92 Å². The second kappa shape index (κ2) is 6.65. The zero-order valence-electron chi connectivity index (χ0n) is 14.1. The standard InChI is InChI=1S/C21H16ClN3O/c1-14-3-2-12-25-13-19(24-20(14)25)15-6-10-18(11-7-15)23-21(26)16-4-8-17(22)9-5-16/h2-13H,1H3,(H,23,26). The molecular weight excluding hydrogens is 346 g/mol. The zero-order chi connectivity index (χ0) is 18.1. The van der Waals surface area contributed by atoms with Gasteiger partial charge in [0, 0.05) is 34.2 Å². The maximum Gasteiger partial charge on any atom is 0.255 e. The summed E-state index contributed by atoms with van der Waals surface area (Å²) in [6.07, 6.45) is 3.99. The van der Waals surface area contributed by atoms with Gasteiger partial charge in [0.25, 0.3) is 5.91 Å². The SMILES string of the molecule is Cc1cccn2cc(-c3ccc(NC(=O)c4ccc(Cl)cc4)cc3)nc12. The van der Waals surface area contributed by atoms with E-state index >= 15 is 0 Å². The Hall–Kier alpha value is -3.11. The van der Waals surface area contributed by atoms with Crippen LogP contribution in [0.3, 0.4) is 0 Å². The van der Waals surface area contributed by atoms with Crippen molar-refractivity contribution < 1.29 is 4.79 Å². The minimum atomic E-state index is -0.169. The number of imidazole rings is 1. The number of hydrogen-bond donors (Lipinski definition) is 1. The normalized spacial score (nSPS) is 10.8. The summed E-state index contributed by atoms with van der Waals surface area (Å²) < 4.78 is 2.01. The molecule has 1 amide bonds. The summed E-state index contributed by atoms with van der Waals surface area (Å²) in [6.45, 7) is 2.04. The van der Waals surface area contributed by atoms with E-state index in [9.17, 15) is 4.79 Å². The molecule has 26 heavy (non-hydrogen) atoms. The second-order valence-electron chi connectivity index (χ2n) is 6.09. The van der Waals surface area contributed by atoms with Crippen LogP contribution in [0.2, 0.25) is 5.02 Å². The van der Waals surface area contributed by atoms with Gasteiger partial charge < -0.3 is 9.72 Å². The average molecular weight is 362 g/mol. The van der Waals surface area contributed by atoms with Crippen molar-refractivity contribution >= 4 is 28.8 Å². The molecule has 0 saturated heterocycles. The van der Waals surface area contributed by atoms with Crippen LogP contribution in [0.4, 0.5) is 5.69 Å². The summed E-state index contributed by atoms with van der Waals surface area (Å²) in [4.78, 5) is 17.0. The molecule has 0 radical (unpaired) electrons. The van der Waals surface area contributed by atoms with Crippen molar-refractivity contribution in [1.82, 2.24) is 9.38 Å². The molecule has 0 aliphatic rings. The number of fused-ring (bicyclic) bond motifs is 1. The van der Waals surface area contributed by atoms with E-state index in [2.05, 4.69) is 5.32 Å². The van der Waals surface area contributed by atoms with Crippen LogP contribution in [0.1, 0.15) is 15.9 Å². The summed E-state index contributed by atoms with van der Waals surface area (Å²) in [5, 5.41) is 3.49. The highest BCUT2D eigenvalue weighted by Crippen LogP contribution is 2.23. The van der Waals surface area contributed by atoms with Gasteiger partial charge in [-0.1, -0.05) is 29.8 Å². The summed E-state index contributed by atoms with van der Waals surface area (Å²) in [5.74, 6) is -0.169. The fourth-order valence-electron chi connectivity index (χ4n) is 2.82. The number of hydrogen-bond acceptors (Lipinski definition) is 2. The number of nitrogens with zero attached hydrogens (tertiary/aromatic N) is 2. The Bertz CT molecular complexity index is 1080. The Labute approximate surface area is 156 Å². The number of anilines is 1. The molecule has 128 valence electrons. The fraction of sp³-hybridized carbons (Fsp3) is 0.0476. The molecule has 0 aliphatic heterocycles. The number of aryl methyl sites for hydroxylation is 1. The topological polar surface area (TPSA) is 46.4 Å². The average Bonchev–Trinajstić information content (AvgIpc) is 3.08. The summed E-state index contributed by atoms with van der Waals surface area (Å²) in [6, 6.07) is 18.5. The third-order valence-electron chi connectivity index (χ3n) is 4.22. The lowest BCUT2D eigenvalue weighted by Crippen LogP contribution is -2.11. The molecule has 0 bridgehead atoms. The van der Waals surface area contributed by atoms with Crippen LogP contribution >= 0.6 is 11.6 Å². The Kier molecular flexibility index (Phi) is 4.19. The number of nitrogens with one attached hydrogen (secondary N) is 1. The van der Waals surface area contributed by atoms with Crippen LogP contribution in [0.25, 0.3) is 16.9 Å². The van der Waals surface area contributed by atoms with Crippen LogP contribution in [-0.2, 0) is 0 Å². The largest absolute Gasteiger partial charge is 0.322 e. The molecule has 4 rings (SSSR count). The van der Waals surface area contributed by atoms with E-state index in [1.54, 1.807) is 24.3 Å². The first kappa shape index (κ1) is 16.4. The van der Waals surface area contributed by atoms with Crippen LogP contribution in [-0.4, -0.2) is 15.3 Å². The van der Waals surface area contributed by atoms with E-state index in [-0.39, 0.29) is 5.91 Å². The van der Waals surface area contributed by atoms with Crippen molar-refractivity contribution in [3.8, 4) is 11.3 Å². The predicted octanol–water partition coefficient (Wildman–Crippen LogP) is 5.22. The monoisotopic (exact) mass is 361 g/mol. The molecule has 4 nitrogen and oxygen atoms in total. The number of amides is 1. The number of aromatic nitrogens is 2. The summed E-state index contributed by atoms with van der Waals surface area (Å²) >= 11 is 5.85. The summed E-state index contributed by atoms with van der Waals surface area (Å²) in [7, 11) is 0. The Morgan fingerprint density at radius 3 is 2.46 bits per heavy atom. The van der Waals surface area contributed by atoms with Gasteiger partial charge in [0.15, 0.2) is 0 Å². The first-order chi connectivity index (χ1) is 12.6. The molecule has 0 unspecified atom stereocenters. The number of pyridine rings is 1. The Morgan fingerprint density at radius 1 is 1.04 bits per heavy atom. The molecule has 4 aromatic rings. The quantitative estimate of drug-likeness (QED) is 0.544. The maximum atomic E-state index is 12.3. The van der Waals surface area contributed by atoms with Crippen LogP contribution in [0.15, 0.2) is 73.1 Å². The van der Waals surface area contributed by atoms with Crippen LogP contribution < -0.4 is 5.32 Å². The molecule has 1 N–H and O–H groups in total.